The number of anilines is 2. The van der Waals surface area contributed by atoms with E-state index in [1.54, 1.807) is 4.90 Å². The Morgan fingerprint density at radius 1 is 1.47 bits per heavy atom. The van der Waals surface area contributed by atoms with Crippen LogP contribution in [0.25, 0.3) is 0 Å². The van der Waals surface area contributed by atoms with E-state index in [0.29, 0.717) is 6.54 Å². The summed E-state index contributed by atoms with van der Waals surface area (Å²) in [6.07, 6.45) is 0. The van der Waals surface area contributed by atoms with Gasteiger partial charge in [0, 0.05) is 13.6 Å². The Labute approximate surface area is 90.1 Å². The van der Waals surface area contributed by atoms with Crippen LogP contribution in [0, 0.1) is 12.8 Å². The first-order chi connectivity index (χ1) is 7.09. The van der Waals surface area contributed by atoms with E-state index in [-0.39, 0.29) is 11.8 Å². The van der Waals surface area contributed by atoms with Crippen LogP contribution in [0.4, 0.5) is 11.4 Å². The van der Waals surface area contributed by atoms with Gasteiger partial charge in [0.15, 0.2) is 0 Å². The second kappa shape index (κ2) is 3.57. The fraction of sp³-hybridized carbons (Fsp3) is 0.417. The molecule has 1 unspecified atom stereocenters. The van der Waals surface area contributed by atoms with E-state index < -0.39 is 0 Å². The summed E-state index contributed by atoms with van der Waals surface area (Å²) in [5.74, 6) is 0.203. The highest BCUT2D eigenvalue weighted by atomic mass is 16.2. The van der Waals surface area contributed by atoms with Crippen LogP contribution in [0.15, 0.2) is 18.2 Å². The molecule has 1 atom stereocenters. The van der Waals surface area contributed by atoms with Gasteiger partial charge in [-0.1, -0.05) is 13.0 Å². The largest absolute Gasteiger partial charge is 0.383 e. The first-order valence-corrected chi connectivity index (χ1v) is 5.21. The van der Waals surface area contributed by atoms with E-state index in [1.807, 2.05) is 33.0 Å². The summed E-state index contributed by atoms with van der Waals surface area (Å²) in [5.41, 5.74) is 3.19. The van der Waals surface area contributed by atoms with Crippen LogP contribution < -0.4 is 10.2 Å². The van der Waals surface area contributed by atoms with Crippen LogP contribution in [-0.2, 0) is 4.79 Å². The molecule has 0 fully saturated rings. The standard InChI is InChI=1S/C12H16N2O/c1-8-4-5-10-11(6-8)14(3)12(15)9(2)7-13-10/h4-6,9,13H,7H2,1-3H3. The molecule has 0 spiro atoms. The lowest BCUT2D eigenvalue weighted by molar-refractivity contribution is -0.121. The monoisotopic (exact) mass is 204 g/mol. The SMILES string of the molecule is Cc1ccc2c(c1)N(C)C(=O)C(C)CN2. The molecule has 1 heterocycles. The first-order valence-electron chi connectivity index (χ1n) is 5.21. The molecule has 1 aliphatic heterocycles. The Morgan fingerprint density at radius 2 is 2.20 bits per heavy atom. The van der Waals surface area contributed by atoms with E-state index in [9.17, 15) is 4.79 Å². The van der Waals surface area contributed by atoms with Crippen LogP contribution in [0.2, 0.25) is 0 Å². The van der Waals surface area contributed by atoms with Gasteiger partial charge in [0.1, 0.15) is 0 Å². The van der Waals surface area contributed by atoms with E-state index in [1.165, 1.54) is 5.56 Å². The van der Waals surface area contributed by atoms with E-state index in [4.69, 9.17) is 0 Å². The van der Waals surface area contributed by atoms with Gasteiger partial charge >= 0.3 is 0 Å². The van der Waals surface area contributed by atoms with Crippen molar-refractivity contribution in [2.24, 2.45) is 5.92 Å². The Bertz CT molecular complexity index is 401. The summed E-state index contributed by atoms with van der Waals surface area (Å²) in [5, 5.41) is 3.30. The van der Waals surface area contributed by atoms with Gasteiger partial charge in [0.2, 0.25) is 5.91 Å². The van der Waals surface area contributed by atoms with Gasteiger partial charge in [-0.15, -0.1) is 0 Å². The molecule has 1 aromatic carbocycles. The minimum Gasteiger partial charge on any atom is -0.383 e. The molecule has 0 saturated heterocycles. The van der Waals surface area contributed by atoms with Crippen molar-refractivity contribution in [2.75, 3.05) is 23.8 Å². The zero-order chi connectivity index (χ0) is 11.0. The van der Waals surface area contributed by atoms with Crippen molar-refractivity contribution < 1.29 is 4.79 Å². The van der Waals surface area contributed by atoms with Gasteiger partial charge in [0.25, 0.3) is 0 Å². The van der Waals surface area contributed by atoms with Gasteiger partial charge in [-0.2, -0.15) is 0 Å². The van der Waals surface area contributed by atoms with Gasteiger partial charge < -0.3 is 10.2 Å². The third kappa shape index (κ3) is 1.69. The zero-order valence-corrected chi connectivity index (χ0v) is 9.37. The van der Waals surface area contributed by atoms with Gasteiger partial charge in [-0.05, 0) is 24.6 Å². The Kier molecular flexibility index (Phi) is 2.39. The lowest BCUT2D eigenvalue weighted by Crippen LogP contribution is -2.31. The molecular weight excluding hydrogens is 188 g/mol. The number of aryl methyl sites for hydroxylation is 1. The van der Waals surface area contributed by atoms with Crippen molar-refractivity contribution >= 4 is 17.3 Å². The number of amides is 1. The number of fused-ring (bicyclic) bond motifs is 1. The quantitative estimate of drug-likeness (QED) is 0.701. The van der Waals surface area contributed by atoms with Crippen molar-refractivity contribution in [1.82, 2.24) is 0 Å². The predicted molar refractivity (Wildman–Crippen MR) is 62.2 cm³/mol. The molecule has 80 valence electrons. The first kappa shape index (κ1) is 10.0. The highest BCUT2D eigenvalue weighted by Crippen LogP contribution is 2.29. The highest BCUT2D eigenvalue weighted by Gasteiger charge is 2.24. The van der Waals surface area contributed by atoms with Gasteiger partial charge in [-0.25, -0.2) is 0 Å². The molecule has 0 saturated carbocycles. The lowest BCUT2D eigenvalue weighted by atomic mass is 10.1. The average molecular weight is 204 g/mol. The summed E-state index contributed by atoms with van der Waals surface area (Å²) < 4.78 is 0. The number of carbonyl (C=O) groups excluding carboxylic acids is 1. The summed E-state index contributed by atoms with van der Waals surface area (Å²) in [6.45, 7) is 4.69. The van der Waals surface area contributed by atoms with Crippen molar-refractivity contribution in [3.8, 4) is 0 Å². The Balaban J connectivity index is 2.48. The Hall–Kier alpha value is -1.51. The van der Waals surface area contributed by atoms with Crippen molar-refractivity contribution in [3.63, 3.8) is 0 Å². The number of nitrogens with zero attached hydrogens (tertiary/aromatic N) is 1. The number of nitrogens with one attached hydrogen (secondary N) is 1. The molecule has 1 aromatic rings. The molecule has 3 heteroatoms. The topological polar surface area (TPSA) is 32.3 Å². The fourth-order valence-corrected chi connectivity index (χ4v) is 1.87. The number of hydrogen-bond donors (Lipinski definition) is 1. The third-order valence-corrected chi connectivity index (χ3v) is 2.87. The molecule has 1 N–H and O–H groups in total. The van der Waals surface area contributed by atoms with Gasteiger partial charge in [0.05, 0.1) is 17.3 Å². The molecule has 0 aromatic heterocycles. The molecule has 1 aliphatic rings. The lowest BCUT2D eigenvalue weighted by Gasteiger charge is -2.18. The molecule has 3 nitrogen and oxygen atoms in total. The maximum absolute atomic E-state index is 11.9. The minimum absolute atomic E-state index is 0.0303. The second-order valence-corrected chi connectivity index (χ2v) is 4.20. The zero-order valence-electron chi connectivity index (χ0n) is 9.37. The minimum atomic E-state index is 0.0303. The molecule has 0 radical (unpaired) electrons. The van der Waals surface area contributed by atoms with Crippen molar-refractivity contribution in [2.45, 2.75) is 13.8 Å². The molecule has 1 amide bonds. The van der Waals surface area contributed by atoms with Crippen LogP contribution in [0.5, 0.6) is 0 Å². The number of hydrogen-bond acceptors (Lipinski definition) is 2. The summed E-state index contributed by atoms with van der Waals surface area (Å²) in [6, 6.07) is 6.13. The van der Waals surface area contributed by atoms with E-state index >= 15 is 0 Å². The molecular formula is C12H16N2O. The number of benzene rings is 1. The number of carbonyl (C=O) groups is 1. The van der Waals surface area contributed by atoms with Crippen LogP contribution in [0.1, 0.15) is 12.5 Å². The predicted octanol–water partition coefficient (Wildman–Crippen LogP) is 2.02. The van der Waals surface area contributed by atoms with Crippen molar-refractivity contribution in [3.05, 3.63) is 23.8 Å². The van der Waals surface area contributed by atoms with Crippen molar-refractivity contribution in [1.29, 1.82) is 0 Å². The Morgan fingerprint density at radius 3 is 2.93 bits per heavy atom. The van der Waals surface area contributed by atoms with Gasteiger partial charge in [-0.3, -0.25) is 4.79 Å². The van der Waals surface area contributed by atoms with E-state index in [2.05, 4.69) is 11.4 Å². The van der Waals surface area contributed by atoms with Crippen LogP contribution >= 0.6 is 0 Å². The third-order valence-electron chi connectivity index (χ3n) is 2.87. The highest BCUT2D eigenvalue weighted by molar-refractivity contribution is 5.99. The fourth-order valence-electron chi connectivity index (χ4n) is 1.87. The normalized spacial score (nSPS) is 20.6. The maximum Gasteiger partial charge on any atom is 0.231 e. The maximum atomic E-state index is 11.9. The molecule has 2 rings (SSSR count). The second-order valence-electron chi connectivity index (χ2n) is 4.20. The molecule has 0 bridgehead atoms. The smallest absolute Gasteiger partial charge is 0.231 e. The summed E-state index contributed by atoms with van der Waals surface area (Å²) in [4.78, 5) is 13.6. The molecule has 0 aliphatic carbocycles. The van der Waals surface area contributed by atoms with E-state index in [0.717, 1.165) is 11.4 Å². The number of rotatable bonds is 0. The summed E-state index contributed by atoms with van der Waals surface area (Å²) in [7, 11) is 1.84. The summed E-state index contributed by atoms with van der Waals surface area (Å²) >= 11 is 0. The average Bonchev–Trinajstić information content (AvgIpc) is 2.32. The van der Waals surface area contributed by atoms with Crippen LogP contribution in [0.3, 0.4) is 0 Å². The van der Waals surface area contributed by atoms with Crippen LogP contribution in [-0.4, -0.2) is 19.5 Å². The molecule has 15 heavy (non-hydrogen) atoms.